The van der Waals surface area contributed by atoms with Gasteiger partial charge in [0.05, 0.1) is 34.4 Å². The molecule has 0 fully saturated rings. The SMILES string of the molecule is C=C(C)[C@H]1CC=C(C[NH+](C)CCc2ccc(OC)c(OC)c2)CC1. The fourth-order valence-corrected chi connectivity index (χ4v) is 3.37. The molecule has 1 aromatic rings. The third-order valence-corrected chi connectivity index (χ3v) is 5.02. The number of methoxy groups -OCH3 is 2. The molecule has 1 aliphatic rings. The van der Waals surface area contributed by atoms with Crippen molar-refractivity contribution in [2.24, 2.45) is 5.92 Å². The summed E-state index contributed by atoms with van der Waals surface area (Å²) in [6.07, 6.45) is 7.17. The summed E-state index contributed by atoms with van der Waals surface area (Å²) in [6, 6.07) is 6.21. The normalized spacial score (nSPS) is 18.7. The number of benzene rings is 1. The average molecular weight is 330 g/mol. The highest BCUT2D eigenvalue weighted by Crippen LogP contribution is 2.28. The van der Waals surface area contributed by atoms with Crippen LogP contribution in [-0.2, 0) is 6.42 Å². The van der Waals surface area contributed by atoms with Crippen LogP contribution in [0.25, 0.3) is 0 Å². The molecule has 3 heteroatoms. The van der Waals surface area contributed by atoms with Crippen molar-refractivity contribution in [3.8, 4) is 11.5 Å². The predicted octanol–water partition coefficient (Wildman–Crippen LogP) is 3.06. The van der Waals surface area contributed by atoms with Gasteiger partial charge in [-0.2, -0.15) is 0 Å². The van der Waals surface area contributed by atoms with Crippen LogP contribution >= 0.6 is 0 Å². The van der Waals surface area contributed by atoms with E-state index in [1.165, 1.54) is 30.4 Å². The van der Waals surface area contributed by atoms with Gasteiger partial charge in [-0.1, -0.05) is 24.3 Å². The van der Waals surface area contributed by atoms with Gasteiger partial charge in [-0.05, 0) is 55.4 Å². The lowest BCUT2D eigenvalue weighted by Crippen LogP contribution is -3.09. The minimum atomic E-state index is 0.695. The van der Waals surface area contributed by atoms with E-state index in [4.69, 9.17) is 9.47 Å². The lowest BCUT2D eigenvalue weighted by Gasteiger charge is -2.24. The van der Waals surface area contributed by atoms with Crippen molar-refractivity contribution in [1.29, 1.82) is 0 Å². The van der Waals surface area contributed by atoms with E-state index in [1.54, 1.807) is 24.7 Å². The largest absolute Gasteiger partial charge is 0.493 e. The summed E-state index contributed by atoms with van der Waals surface area (Å²) in [6.45, 7) is 8.53. The van der Waals surface area contributed by atoms with Gasteiger partial charge >= 0.3 is 0 Å². The van der Waals surface area contributed by atoms with E-state index in [1.807, 2.05) is 6.07 Å². The zero-order valence-electron chi connectivity index (χ0n) is 15.7. The maximum absolute atomic E-state index is 5.39. The first-order chi connectivity index (χ1) is 11.5. The predicted molar refractivity (Wildman–Crippen MR) is 100 cm³/mol. The van der Waals surface area contributed by atoms with Gasteiger partial charge in [0.15, 0.2) is 11.5 Å². The van der Waals surface area contributed by atoms with Gasteiger partial charge in [-0.25, -0.2) is 0 Å². The van der Waals surface area contributed by atoms with Gasteiger partial charge in [0.1, 0.15) is 0 Å². The van der Waals surface area contributed by atoms with E-state index in [0.29, 0.717) is 5.92 Å². The van der Waals surface area contributed by atoms with E-state index < -0.39 is 0 Å². The molecular weight excluding hydrogens is 298 g/mol. The molecule has 1 aromatic carbocycles. The summed E-state index contributed by atoms with van der Waals surface area (Å²) in [5, 5.41) is 0. The first-order valence-electron chi connectivity index (χ1n) is 8.89. The number of quaternary nitrogens is 1. The van der Waals surface area contributed by atoms with Gasteiger partial charge < -0.3 is 14.4 Å². The zero-order valence-corrected chi connectivity index (χ0v) is 15.7. The summed E-state index contributed by atoms with van der Waals surface area (Å²) in [5.41, 5.74) is 4.24. The molecule has 0 aliphatic heterocycles. The number of likely N-dealkylation sites (N-methyl/N-ethyl adjacent to an activating group) is 1. The summed E-state index contributed by atoms with van der Waals surface area (Å²) in [4.78, 5) is 1.56. The summed E-state index contributed by atoms with van der Waals surface area (Å²) in [5.74, 6) is 2.30. The molecule has 132 valence electrons. The number of rotatable bonds is 8. The molecule has 0 heterocycles. The lowest BCUT2D eigenvalue weighted by atomic mass is 9.85. The molecule has 2 atom stereocenters. The topological polar surface area (TPSA) is 22.9 Å². The molecule has 0 spiro atoms. The van der Waals surface area contributed by atoms with Gasteiger partial charge in [0.25, 0.3) is 0 Å². The fourth-order valence-electron chi connectivity index (χ4n) is 3.37. The first-order valence-corrected chi connectivity index (χ1v) is 8.89. The van der Waals surface area contributed by atoms with Crippen LogP contribution in [0.15, 0.2) is 42.0 Å². The van der Waals surface area contributed by atoms with Crippen molar-refractivity contribution in [3.63, 3.8) is 0 Å². The number of allylic oxidation sites excluding steroid dienone is 2. The Kier molecular flexibility index (Phi) is 6.92. The molecule has 2 rings (SSSR count). The summed E-state index contributed by atoms with van der Waals surface area (Å²) >= 11 is 0. The van der Waals surface area contributed by atoms with Gasteiger partial charge in [-0.15, -0.1) is 0 Å². The van der Waals surface area contributed by atoms with E-state index in [0.717, 1.165) is 31.0 Å². The second kappa shape index (κ2) is 8.93. The highest BCUT2D eigenvalue weighted by atomic mass is 16.5. The van der Waals surface area contributed by atoms with Crippen molar-refractivity contribution in [3.05, 3.63) is 47.6 Å². The summed E-state index contributed by atoms with van der Waals surface area (Å²) < 4.78 is 10.7. The molecule has 0 radical (unpaired) electrons. The molecule has 1 N–H and O–H groups in total. The molecule has 1 aliphatic carbocycles. The number of nitrogens with one attached hydrogen (secondary N) is 1. The smallest absolute Gasteiger partial charge is 0.160 e. The van der Waals surface area contributed by atoms with E-state index in [-0.39, 0.29) is 0 Å². The standard InChI is InChI=1S/C21H31NO2/c1-16(2)19-9-6-18(7-10-19)15-22(3)13-12-17-8-11-20(23-4)21(14-17)24-5/h6,8,11,14,19H,1,7,9-10,12-13,15H2,2-5H3/p+1/t19-/m0/s1. The van der Waals surface area contributed by atoms with Crippen molar-refractivity contribution < 1.29 is 14.4 Å². The average Bonchev–Trinajstić information content (AvgIpc) is 2.60. The van der Waals surface area contributed by atoms with Gasteiger partial charge in [0.2, 0.25) is 0 Å². The maximum Gasteiger partial charge on any atom is 0.160 e. The highest BCUT2D eigenvalue weighted by molar-refractivity contribution is 5.42. The van der Waals surface area contributed by atoms with Gasteiger partial charge in [-0.3, -0.25) is 0 Å². The van der Waals surface area contributed by atoms with E-state index in [2.05, 4.69) is 38.8 Å². The number of hydrogen-bond donors (Lipinski definition) is 1. The second-order valence-electron chi connectivity index (χ2n) is 7.00. The van der Waals surface area contributed by atoms with Crippen LogP contribution < -0.4 is 14.4 Å². The van der Waals surface area contributed by atoms with Crippen LogP contribution in [0.5, 0.6) is 11.5 Å². The van der Waals surface area contributed by atoms with Crippen molar-refractivity contribution in [1.82, 2.24) is 0 Å². The molecule has 24 heavy (non-hydrogen) atoms. The molecule has 0 saturated carbocycles. The Hall–Kier alpha value is -1.74. The Balaban J connectivity index is 1.83. The third kappa shape index (κ3) is 5.13. The monoisotopic (exact) mass is 330 g/mol. The number of hydrogen-bond acceptors (Lipinski definition) is 2. The molecule has 0 bridgehead atoms. The minimum Gasteiger partial charge on any atom is -0.493 e. The Morgan fingerprint density at radius 3 is 2.58 bits per heavy atom. The Bertz CT molecular complexity index is 592. The maximum atomic E-state index is 5.39. The lowest BCUT2D eigenvalue weighted by molar-refractivity contribution is -0.874. The molecular formula is C21H32NO2+. The Morgan fingerprint density at radius 2 is 2.00 bits per heavy atom. The molecule has 0 saturated heterocycles. The van der Waals surface area contributed by atoms with Crippen LogP contribution in [-0.4, -0.2) is 34.4 Å². The van der Waals surface area contributed by atoms with Gasteiger partial charge in [0, 0.05) is 6.42 Å². The van der Waals surface area contributed by atoms with Crippen LogP contribution in [0.1, 0.15) is 31.7 Å². The van der Waals surface area contributed by atoms with E-state index in [9.17, 15) is 0 Å². The zero-order chi connectivity index (χ0) is 17.5. The number of ether oxygens (including phenoxy) is 2. The molecule has 3 nitrogen and oxygen atoms in total. The second-order valence-corrected chi connectivity index (χ2v) is 7.00. The molecule has 1 unspecified atom stereocenters. The van der Waals surface area contributed by atoms with Crippen LogP contribution in [0.3, 0.4) is 0 Å². The molecule has 0 amide bonds. The Labute approximate surface area is 147 Å². The van der Waals surface area contributed by atoms with Crippen LogP contribution in [0, 0.1) is 5.92 Å². The van der Waals surface area contributed by atoms with Crippen molar-refractivity contribution in [2.45, 2.75) is 32.6 Å². The van der Waals surface area contributed by atoms with Crippen LogP contribution in [0.2, 0.25) is 0 Å². The van der Waals surface area contributed by atoms with E-state index >= 15 is 0 Å². The summed E-state index contributed by atoms with van der Waals surface area (Å²) in [7, 11) is 5.64. The highest BCUT2D eigenvalue weighted by Gasteiger charge is 2.17. The molecule has 0 aromatic heterocycles. The first kappa shape index (κ1) is 18.6. The fraction of sp³-hybridized carbons (Fsp3) is 0.524. The Morgan fingerprint density at radius 1 is 1.25 bits per heavy atom. The van der Waals surface area contributed by atoms with Crippen molar-refractivity contribution >= 4 is 0 Å². The van der Waals surface area contributed by atoms with Crippen molar-refractivity contribution in [2.75, 3.05) is 34.4 Å². The quantitative estimate of drug-likeness (QED) is 0.740. The third-order valence-electron chi connectivity index (χ3n) is 5.02. The van der Waals surface area contributed by atoms with Crippen LogP contribution in [0.4, 0.5) is 0 Å². The minimum absolute atomic E-state index is 0.695.